The van der Waals surface area contributed by atoms with E-state index in [1.807, 2.05) is 13.0 Å². The number of carbonyl (C=O) groups is 1. The third kappa shape index (κ3) is 4.62. The summed E-state index contributed by atoms with van der Waals surface area (Å²) >= 11 is 0. The van der Waals surface area contributed by atoms with Crippen LogP contribution in [-0.4, -0.2) is 22.5 Å². The van der Waals surface area contributed by atoms with Crippen molar-refractivity contribution < 1.29 is 9.53 Å². The molecule has 1 aromatic heterocycles. The minimum atomic E-state index is -0.352. The van der Waals surface area contributed by atoms with Crippen LogP contribution in [0.2, 0.25) is 0 Å². The third-order valence-electron chi connectivity index (χ3n) is 3.82. The highest BCUT2D eigenvalue weighted by molar-refractivity contribution is 5.89. The molecule has 28 heavy (non-hydrogen) atoms. The normalized spacial score (nSPS) is 10.0. The molecule has 0 amide bonds. The zero-order valence-corrected chi connectivity index (χ0v) is 15.6. The molecule has 0 saturated carbocycles. The van der Waals surface area contributed by atoms with E-state index >= 15 is 0 Å². The number of nitrogens with zero attached hydrogens (tertiary/aromatic N) is 3. The first-order chi connectivity index (χ1) is 13.6. The van der Waals surface area contributed by atoms with Gasteiger partial charge in [0.1, 0.15) is 11.9 Å². The number of ether oxygens (including phenoxy) is 1. The van der Waals surface area contributed by atoms with Crippen molar-refractivity contribution in [2.24, 2.45) is 0 Å². The lowest BCUT2D eigenvalue weighted by atomic mass is 10.2. The van der Waals surface area contributed by atoms with Crippen molar-refractivity contribution in [2.75, 3.05) is 17.2 Å². The molecule has 0 saturated heterocycles. The van der Waals surface area contributed by atoms with Crippen LogP contribution in [0.4, 0.5) is 23.1 Å². The summed E-state index contributed by atoms with van der Waals surface area (Å²) in [5, 5.41) is 15.5. The second-order valence-electron chi connectivity index (χ2n) is 5.92. The first kappa shape index (κ1) is 18.9. The van der Waals surface area contributed by atoms with Crippen molar-refractivity contribution >= 4 is 29.1 Å². The van der Waals surface area contributed by atoms with Crippen LogP contribution in [0.15, 0.2) is 54.6 Å². The van der Waals surface area contributed by atoms with Crippen molar-refractivity contribution in [1.29, 1.82) is 5.26 Å². The van der Waals surface area contributed by atoms with Gasteiger partial charge in [0, 0.05) is 17.4 Å². The number of hydrogen-bond acceptors (Lipinski definition) is 7. The van der Waals surface area contributed by atoms with Crippen LogP contribution in [0.1, 0.15) is 28.5 Å². The average molecular weight is 373 g/mol. The zero-order chi connectivity index (χ0) is 19.9. The molecule has 7 heteroatoms. The standard InChI is InChI=1S/C21H19N5O2/c1-3-28-20(27)15-8-10-17(11-9-15)24-19-12-14(2)23-21(26-19)25-18-7-5-4-6-16(18)13-22/h4-12H,3H2,1-2H3,(H2,23,24,25,26). The van der Waals surface area contributed by atoms with E-state index in [0.717, 1.165) is 11.4 Å². The molecule has 0 bridgehead atoms. The summed E-state index contributed by atoms with van der Waals surface area (Å²) in [7, 11) is 0. The molecule has 1 heterocycles. The Morgan fingerprint density at radius 3 is 2.57 bits per heavy atom. The first-order valence-corrected chi connectivity index (χ1v) is 8.75. The highest BCUT2D eigenvalue weighted by Crippen LogP contribution is 2.21. The maximum Gasteiger partial charge on any atom is 0.338 e. The fraction of sp³-hybridized carbons (Fsp3) is 0.143. The summed E-state index contributed by atoms with van der Waals surface area (Å²) in [6.07, 6.45) is 0. The van der Waals surface area contributed by atoms with Gasteiger partial charge in [0.2, 0.25) is 5.95 Å². The molecule has 7 nitrogen and oxygen atoms in total. The SMILES string of the molecule is CCOC(=O)c1ccc(Nc2cc(C)nc(Nc3ccccc3C#N)n2)cc1. The van der Waals surface area contributed by atoms with Crippen molar-refractivity contribution in [2.45, 2.75) is 13.8 Å². The van der Waals surface area contributed by atoms with Crippen LogP contribution >= 0.6 is 0 Å². The van der Waals surface area contributed by atoms with Crippen LogP contribution in [0.5, 0.6) is 0 Å². The summed E-state index contributed by atoms with van der Waals surface area (Å²) in [6.45, 7) is 3.97. The quantitative estimate of drug-likeness (QED) is 0.621. The number of nitriles is 1. The number of nitrogens with one attached hydrogen (secondary N) is 2. The molecule has 140 valence electrons. The van der Waals surface area contributed by atoms with Gasteiger partial charge in [0.25, 0.3) is 0 Å². The van der Waals surface area contributed by atoms with Crippen LogP contribution in [0.3, 0.4) is 0 Å². The Bertz CT molecular complexity index is 1030. The van der Waals surface area contributed by atoms with E-state index in [2.05, 4.69) is 26.7 Å². The first-order valence-electron chi connectivity index (χ1n) is 8.75. The second kappa shape index (κ2) is 8.64. The Morgan fingerprint density at radius 2 is 1.86 bits per heavy atom. The molecule has 3 rings (SSSR count). The van der Waals surface area contributed by atoms with Gasteiger partial charge >= 0.3 is 5.97 Å². The molecule has 0 spiro atoms. The van der Waals surface area contributed by atoms with Gasteiger partial charge in [-0.05, 0) is 50.2 Å². The van der Waals surface area contributed by atoms with Gasteiger partial charge in [-0.2, -0.15) is 10.2 Å². The van der Waals surface area contributed by atoms with E-state index in [-0.39, 0.29) is 5.97 Å². The smallest absolute Gasteiger partial charge is 0.338 e. The number of aromatic nitrogens is 2. The van der Waals surface area contributed by atoms with Crippen molar-refractivity contribution in [3.05, 3.63) is 71.4 Å². The Morgan fingerprint density at radius 1 is 1.11 bits per heavy atom. The number of aryl methyl sites for hydroxylation is 1. The Kier molecular flexibility index (Phi) is 5.82. The number of para-hydroxylation sites is 1. The molecule has 3 aromatic rings. The molecule has 0 atom stereocenters. The van der Waals surface area contributed by atoms with Crippen LogP contribution in [0, 0.1) is 18.3 Å². The lowest BCUT2D eigenvalue weighted by Crippen LogP contribution is -2.05. The van der Waals surface area contributed by atoms with Gasteiger partial charge in [-0.15, -0.1) is 0 Å². The van der Waals surface area contributed by atoms with Crippen LogP contribution in [-0.2, 0) is 4.74 Å². The molecule has 0 aliphatic carbocycles. The maximum absolute atomic E-state index is 11.7. The number of benzene rings is 2. The van der Waals surface area contributed by atoms with E-state index in [0.29, 0.717) is 35.2 Å². The van der Waals surface area contributed by atoms with Crippen LogP contribution in [0.25, 0.3) is 0 Å². The Balaban J connectivity index is 1.78. The van der Waals surface area contributed by atoms with Crippen molar-refractivity contribution in [3.8, 4) is 6.07 Å². The largest absolute Gasteiger partial charge is 0.462 e. The van der Waals surface area contributed by atoms with Crippen LogP contribution < -0.4 is 10.6 Å². The summed E-state index contributed by atoms with van der Waals surface area (Å²) < 4.78 is 4.98. The van der Waals surface area contributed by atoms with Gasteiger partial charge < -0.3 is 15.4 Å². The van der Waals surface area contributed by atoms with Gasteiger partial charge in [-0.25, -0.2) is 9.78 Å². The van der Waals surface area contributed by atoms with E-state index in [1.165, 1.54) is 0 Å². The summed E-state index contributed by atoms with van der Waals surface area (Å²) in [5.41, 5.74) is 3.17. The van der Waals surface area contributed by atoms with Gasteiger partial charge in [0.05, 0.1) is 23.4 Å². The van der Waals surface area contributed by atoms with Crippen molar-refractivity contribution in [3.63, 3.8) is 0 Å². The molecule has 0 radical (unpaired) electrons. The average Bonchev–Trinajstić information content (AvgIpc) is 2.69. The summed E-state index contributed by atoms with van der Waals surface area (Å²) in [5.74, 6) is 0.622. The number of carbonyl (C=O) groups excluding carboxylic acids is 1. The number of anilines is 4. The van der Waals surface area contributed by atoms with Gasteiger partial charge in [0.15, 0.2) is 0 Å². The second-order valence-corrected chi connectivity index (χ2v) is 5.92. The molecule has 0 aliphatic rings. The summed E-state index contributed by atoms with van der Waals surface area (Å²) in [4.78, 5) is 20.6. The fourth-order valence-electron chi connectivity index (χ4n) is 2.55. The Hall–Kier alpha value is -3.92. The number of hydrogen-bond donors (Lipinski definition) is 2. The number of rotatable bonds is 6. The molecule has 0 fully saturated rings. The molecule has 2 aromatic carbocycles. The maximum atomic E-state index is 11.7. The Labute approximate surface area is 163 Å². The minimum Gasteiger partial charge on any atom is -0.462 e. The highest BCUT2D eigenvalue weighted by Gasteiger charge is 2.08. The monoisotopic (exact) mass is 373 g/mol. The third-order valence-corrected chi connectivity index (χ3v) is 3.82. The fourth-order valence-corrected chi connectivity index (χ4v) is 2.55. The van der Waals surface area contributed by atoms with Gasteiger partial charge in [-0.1, -0.05) is 12.1 Å². The topological polar surface area (TPSA) is 99.9 Å². The van der Waals surface area contributed by atoms with Gasteiger partial charge in [-0.3, -0.25) is 0 Å². The zero-order valence-electron chi connectivity index (χ0n) is 15.6. The molecular weight excluding hydrogens is 354 g/mol. The minimum absolute atomic E-state index is 0.337. The van der Waals surface area contributed by atoms with Crippen molar-refractivity contribution in [1.82, 2.24) is 9.97 Å². The molecule has 2 N–H and O–H groups in total. The van der Waals surface area contributed by atoms with E-state index in [1.54, 1.807) is 55.5 Å². The lowest BCUT2D eigenvalue weighted by molar-refractivity contribution is 0.0526. The summed E-state index contributed by atoms with van der Waals surface area (Å²) in [6, 6.07) is 18.0. The lowest BCUT2D eigenvalue weighted by Gasteiger charge is -2.11. The van der Waals surface area contributed by atoms with E-state index < -0.39 is 0 Å². The highest BCUT2D eigenvalue weighted by atomic mass is 16.5. The predicted octanol–water partition coefficient (Wildman–Crippen LogP) is 4.32. The molecular formula is C21H19N5O2. The molecule has 0 aliphatic heterocycles. The van der Waals surface area contributed by atoms with E-state index in [9.17, 15) is 10.1 Å². The van der Waals surface area contributed by atoms with E-state index in [4.69, 9.17) is 4.74 Å². The molecule has 0 unspecified atom stereocenters. The number of esters is 1. The predicted molar refractivity (Wildman–Crippen MR) is 107 cm³/mol.